The minimum Gasteiger partial charge on any atom is -0.467 e. The van der Waals surface area contributed by atoms with Crippen LogP contribution in [0.25, 0.3) is 0 Å². The molecule has 0 unspecified atom stereocenters. The van der Waals surface area contributed by atoms with Gasteiger partial charge in [-0.1, -0.05) is 6.92 Å². The van der Waals surface area contributed by atoms with Crippen LogP contribution < -0.4 is 10.2 Å². The first kappa shape index (κ1) is 15.8. The molecule has 1 N–H and O–H groups in total. The van der Waals surface area contributed by atoms with Crippen molar-refractivity contribution in [2.45, 2.75) is 19.9 Å². The summed E-state index contributed by atoms with van der Waals surface area (Å²) < 4.78 is 9.71. The molecule has 2 aromatic heterocycles. The fourth-order valence-electron chi connectivity index (χ4n) is 2.54. The van der Waals surface area contributed by atoms with Crippen LogP contribution in [0.4, 0.5) is 5.13 Å². The third kappa shape index (κ3) is 3.82. The van der Waals surface area contributed by atoms with Gasteiger partial charge in [0.2, 0.25) is 5.13 Å². The third-order valence-electron chi connectivity index (χ3n) is 3.84. The molecule has 1 fully saturated rings. The van der Waals surface area contributed by atoms with Gasteiger partial charge in [-0.25, -0.2) is 4.98 Å². The summed E-state index contributed by atoms with van der Waals surface area (Å²) in [4.78, 5) is 13.5. The van der Waals surface area contributed by atoms with Crippen molar-refractivity contribution in [3.05, 3.63) is 30.0 Å². The van der Waals surface area contributed by atoms with Gasteiger partial charge >= 0.3 is 0 Å². The molecule has 3 heterocycles. The zero-order valence-electron chi connectivity index (χ0n) is 13.5. The Morgan fingerprint density at radius 3 is 2.83 bits per heavy atom. The maximum atomic E-state index is 5.35. The Hall–Kier alpha value is -2.09. The number of nitrogens with one attached hydrogen (secondary N) is 1. The van der Waals surface area contributed by atoms with Gasteiger partial charge in [-0.15, -0.1) is 0 Å². The van der Waals surface area contributed by atoms with Gasteiger partial charge in [-0.3, -0.25) is 4.99 Å². The Kier molecular flexibility index (Phi) is 5.12. The van der Waals surface area contributed by atoms with Crippen molar-refractivity contribution < 1.29 is 4.42 Å². The van der Waals surface area contributed by atoms with Crippen LogP contribution in [0.1, 0.15) is 18.5 Å². The average Bonchev–Trinajstić information content (AvgIpc) is 3.27. The summed E-state index contributed by atoms with van der Waals surface area (Å²) in [6.07, 6.45) is 2.57. The highest BCUT2D eigenvalue weighted by Gasteiger charge is 2.22. The molecule has 1 aliphatic heterocycles. The number of nitrogens with zero attached hydrogens (tertiary/aromatic N) is 5. The van der Waals surface area contributed by atoms with Crippen molar-refractivity contribution >= 4 is 22.6 Å². The number of hydrogen-bond acceptors (Lipinski definition) is 6. The molecule has 0 radical (unpaired) electrons. The smallest absolute Gasteiger partial charge is 0.205 e. The lowest BCUT2D eigenvalue weighted by molar-refractivity contribution is 0.369. The Balaban J connectivity index is 1.52. The average molecular weight is 334 g/mol. The zero-order chi connectivity index (χ0) is 16.1. The topological polar surface area (TPSA) is 69.8 Å². The minimum absolute atomic E-state index is 0.649. The lowest BCUT2D eigenvalue weighted by Crippen LogP contribution is -2.52. The molecule has 0 spiro atoms. The molecular weight excluding hydrogens is 312 g/mol. The van der Waals surface area contributed by atoms with Gasteiger partial charge in [-0.05, 0) is 12.1 Å². The van der Waals surface area contributed by atoms with Gasteiger partial charge in [0, 0.05) is 51.2 Å². The molecule has 23 heavy (non-hydrogen) atoms. The Morgan fingerprint density at radius 1 is 1.39 bits per heavy atom. The molecule has 124 valence electrons. The summed E-state index contributed by atoms with van der Waals surface area (Å²) in [6.45, 7) is 6.42. The number of furan rings is 1. The molecule has 0 aliphatic carbocycles. The van der Waals surface area contributed by atoms with Crippen molar-refractivity contribution in [2.24, 2.45) is 4.99 Å². The van der Waals surface area contributed by atoms with Crippen molar-refractivity contribution in [3.63, 3.8) is 0 Å². The molecule has 1 aliphatic rings. The van der Waals surface area contributed by atoms with E-state index < -0.39 is 0 Å². The second-order valence-corrected chi connectivity index (χ2v) is 6.03. The molecular formula is C15H22N6OS. The first-order valence-electron chi connectivity index (χ1n) is 7.85. The molecule has 7 nitrogen and oxygen atoms in total. The van der Waals surface area contributed by atoms with E-state index in [4.69, 9.17) is 4.42 Å². The first-order chi connectivity index (χ1) is 11.3. The molecule has 0 atom stereocenters. The molecule has 2 aromatic rings. The highest BCUT2D eigenvalue weighted by Crippen LogP contribution is 2.19. The van der Waals surface area contributed by atoms with E-state index in [2.05, 4.69) is 36.4 Å². The van der Waals surface area contributed by atoms with Crippen LogP contribution in [0.15, 0.2) is 27.8 Å². The van der Waals surface area contributed by atoms with E-state index in [9.17, 15) is 0 Å². The number of hydrogen-bond donors (Lipinski definition) is 1. The van der Waals surface area contributed by atoms with Crippen LogP contribution in [0.3, 0.4) is 0 Å². The molecule has 0 aromatic carbocycles. The fraction of sp³-hybridized carbons (Fsp3) is 0.533. The normalized spacial score (nSPS) is 16.0. The van der Waals surface area contributed by atoms with E-state index >= 15 is 0 Å². The van der Waals surface area contributed by atoms with Gasteiger partial charge in [0.15, 0.2) is 5.96 Å². The van der Waals surface area contributed by atoms with E-state index in [0.717, 1.165) is 55.3 Å². The van der Waals surface area contributed by atoms with E-state index in [0.29, 0.717) is 6.54 Å². The number of aryl methyl sites for hydroxylation is 1. The number of anilines is 1. The van der Waals surface area contributed by atoms with Crippen LogP contribution in [-0.2, 0) is 13.0 Å². The summed E-state index contributed by atoms with van der Waals surface area (Å²) in [5, 5.41) is 4.38. The van der Waals surface area contributed by atoms with E-state index in [1.165, 1.54) is 11.5 Å². The SMILES string of the molecule is CCc1nsc(N2CCN(C(=NC)NCc3ccco3)CC2)n1. The van der Waals surface area contributed by atoms with Crippen LogP contribution in [-0.4, -0.2) is 53.4 Å². The van der Waals surface area contributed by atoms with Gasteiger partial charge in [0.1, 0.15) is 11.6 Å². The van der Waals surface area contributed by atoms with E-state index in [1.54, 1.807) is 6.26 Å². The Bertz CT molecular complexity index is 630. The summed E-state index contributed by atoms with van der Waals surface area (Å²) in [6, 6.07) is 3.85. The molecule has 1 saturated heterocycles. The second kappa shape index (κ2) is 7.45. The number of guanidine groups is 1. The van der Waals surface area contributed by atoms with Crippen LogP contribution in [0.2, 0.25) is 0 Å². The maximum Gasteiger partial charge on any atom is 0.205 e. The number of aliphatic imine (C=N–C) groups is 1. The minimum atomic E-state index is 0.649. The predicted octanol–water partition coefficient (Wildman–Crippen LogP) is 1.59. The quantitative estimate of drug-likeness (QED) is 0.676. The predicted molar refractivity (Wildman–Crippen MR) is 92.0 cm³/mol. The van der Waals surface area contributed by atoms with E-state index in [1.807, 2.05) is 19.2 Å². The molecule has 3 rings (SSSR count). The van der Waals surface area contributed by atoms with Gasteiger partial charge in [-0.2, -0.15) is 4.37 Å². The van der Waals surface area contributed by atoms with Gasteiger partial charge < -0.3 is 19.5 Å². The van der Waals surface area contributed by atoms with Gasteiger partial charge in [0.25, 0.3) is 0 Å². The summed E-state index contributed by atoms with van der Waals surface area (Å²) in [7, 11) is 1.81. The highest BCUT2D eigenvalue weighted by atomic mass is 32.1. The molecule has 8 heteroatoms. The fourth-order valence-corrected chi connectivity index (χ4v) is 3.34. The number of piperazine rings is 1. The maximum absolute atomic E-state index is 5.35. The lowest BCUT2D eigenvalue weighted by Gasteiger charge is -2.36. The van der Waals surface area contributed by atoms with Crippen molar-refractivity contribution in [1.29, 1.82) is 0 Å². The second-order valence-electron chi connectivity index (χ2n) is 5.30. The monoisotopic (exact) mass is 334 g/mol. The molecule has 0 bridgehead atoms. The summed E-state index contributed by atoms with van der Waals surface area (Å²) >= 11 is 1.49. The van der Waals surface area contributed by atoms with Crippen LogP contribution in [0, 0.1) is 0 Å². The zero-order valence-corrected chi connectivity index (χ0v) is 14.3. The largest absolute Gasteiger partial charge is 0.467 e. The van der Waals surface area contributed by atoms with Crippen LogP contribution >= 0.6 is 11.5 Å². The summed E-state index contributed by atoms with van der Waals surface area (Å²) in [5.74, 6) is 2.75. The standard InChI is InChI=1S/C15H22N6OS/c1-3-13-18-15(23-19-13)21-8-6-20(7-9-21)14(16-2)17-11-12-5-4-10-22-12/h4-5,10H,3,6-9,11H2,1-2H3,(H,16,17). The lowest BCUT2D eigenvalue weighted by atomic mass is 10.3. The number of aromatic nitrogens is 2. The van der Waals surface area contributed by atoms with E-state index in [-0.39, 0.29) is 0 Å². The first-order valence-corrected chi connectivity index (χ1v) is 8.63. The van der Waals surface area contributed by atoms with Crippen LogP contribution in [0.5, 0.6) is 0 Å². The molecule has 0 saturated carbocycles. The Morgan fingerprint density at radius 2 is 2.22 bits per heavy atom. The number of rotatable bonds is 4. The summed E-state index contributed by atoms with van der Waals surface area (Å²) in [5.41, 5.74) is 0. The highest BCUT2D eigenvalue weighted by molar-refractivity contribution is 7.09. The van der Waals surface area contributed by atoms with Crippen molar-refractivity contribution in [2.75, 3.05) is 38.1 Å². The van der Waals surface area contributed by atoms with Gasteiger partial charge in [0.05, 0.1) is 12.8 Å². The Labute approximate surface area is 140 Å². The molecule has 0 amide bonds. The van der Waals surface area contributed by atoms with Crippen molar-refractivity contribution in [1.82, 2.24) is 19.6 Å². The van der Waals surface area contributed by atoms with Crippen molar-refractivity contribution in [3.8, 4) is 0 Å². The third-order valence-corrected chi connectivity index (χ3v) is 4.65.